The van der Waals surface area contributed by atoms with E-state index in [4.69, 9.17) is 0 Å². The van der Waals surface area contributed by atoms with Crippen molar-refractivity contribution in [2.45, 2.75) is 18.6 Å². The van der Waals surface area contributed by atoms with Crippen molar-refractivity contribution >= 4 is 10.0 Å². The maximum atomic E-state index is 13.6. The van der Waals surface area contributed by atoms with E-state index >= 15 is 0 Å². The molecule has 0 bridgehead atoms. The Balaban J connectivity index is 1.71. The third-order valence-corrected chi connectivity index (χ3v) is 6.32. The predicted molar refractivity (Wildman–Crippen MR) is 86.3 cm³/mol. The van der Waals surface area contributed by atoms with Crippen LogP contribution in [0.3, 0.4) is 0 Å². The van der Waals surface area contributed by atoms with Crippen molar-refractivity contribution in [2.24, 2.45) is 5.92 Å². The fourth-order valence-electron chi connectivity index (χ4n) is 3.92. The van der Waals surface area contributed by atoms with Crippen molar-refractivity contribution in [3.63, 3.8) is 0 Å². The first-order valence-corrected chi connectivity index (χ1v) is 9.66. The van der Waals surface area contributed by atoms with Gasteiger partial charge in [0.25, 0.3) is 0 Å². The van der Waals surface area contributed by atoms with Crippen LogP contribution in [0, 0.1) is 11.7 Å². The number of imidazole rings is 1. The highest BCUT2D eigenvalue weighted by atomic mass is 32.2. The van der Waals surface area contributed by atoms with Crippen molar-refractivity contribution in [1.82, 2.24) is 13.9 Å². The van der Waals surface area contributed by atoms with E-state index in [-0.39, 0.29) is 24.3 Å². The fourth-order valence-corrected chi connectivity index (χ4v) is 4.78. The number of nitrogens with zero attached hydrogens (tertiary/aromatic N) is 3. The third-order valence-electron chi connectivity index (χ3n) is 5.05. The van der Waals surface area contributed by atoms with Crippen LogP contribution in [0.5, 0.6) is 0 Å². The van der Waals surface area contributed by atoms with Gasteiger partial charge >= 0.3 is 0 Å². The van der Waals surface area contributed by atoms with Crippen molar-refractivity contribution in [2.75, 3.05) is 19.3 Å². The highest BCUT2D eigenvalue weighted by molar-refractivity contribution is 7.88. The highest BCUT2D eigenvalue weighted by Crippen LogP contribution is 2.46. The normalized spacial score (nSPS) is 27.0. The number of sulfonamides is 1. The quantitative estimate of drug-likeness (QED) is 0.883. The number of aromatic nitrogens is 2. The van der Waals surface area contributed by atoms with Crippen LogP contribution in [0.2, 0.25) is 0 Å². The van der Waals surface area contributed by atoms with E-state index < -0.39 is 16.1 Å². The van der Waals surface area contributed by atoms with Crippen LogP contribution < -0.4 is 0 Å². The molecular weight excluding hydrogens is 333 g/mol. The Morgan fingerprint density at radius 3 is 2.88 bits per heavy atom. The molecule has 6 nitrogen and oxygen atoms in total. The molecule has 24 heavy (non-hydrogen) atoms. The average molecular weight is 351 g/mol. The summed E-state index contributed by atoms with van der Waals surface area (Å²) in [5.41, 5.74) is 2.56. The number of fused-ring (bicyclic) bond motifs is 3. The van der Waals surface area contributed by atoms with E-state index in [0.717, 1.165) is 23.1 Å². The largest absolute Gasteiger partial charge is 0.391 e. The zero-order chi connectivity index (χ0) is 17.1. The fraction of sp³-hybridized carbons (Fsp3) is 0.438. The number of aliphatic hydroxyl groups excluding tert-OH is 1. The van der Waals surface area contributed by atoms with Crippen LogP contribution in [0.4, 0.5) is 4.39 Å². The summed E-state index contributed by atoms with van der Waals surface area (Å²) in [5, 5.41) is 10.6. The second-order valence-electron chi connectivity index (χ2n) is 6.50. The first-order valence-electron chi connectivity index (χ1n) is 7.81. The van der Waals surface area contributed by atoms with Crippen LogP contribution in [-0.4, -0.2) is 52.8 Å². The van der Waals surface area contributed by atoms with Gasteiger partial charge in [0.2, 0.25) is 10.0 Å². The average Bonchev–Trinajstić information content (AvgIpc) is 3.07. The predicted octanol–water partition coefficient (Wildman–Crippen LogP) is 1.23. The highest BCUT2D eigenvalue weighted by Gasteiger charge is 2.41. The van der Waals surface area contributed by atoms with E-state index in [9.17, 15) is 17.9 Å². The van der Waals surface area contributed by atoms with Crippen molar-refractivity contribution in [3.05, 3.63) is 42.1 Å². The first-order chi connectivity index (χ1) is 11.4. The Morgan fingerprint density at radius 1 is 1.38 bits per heavy atom. The molecule has 4 rings (SSSR count). The van der Waals surface area contributed by atoms with Gasteiger partial charge in [-0.1, -0.05) is 6.07 Å². The molecule has 1 aromatic carbocycles. The van der Waals surface area contributed by atoms with Gasteiger partial charge in [-0.25, -0.2) is 17.8 Å². The molecule has 0 aliphatic carbocycles. The summed E-state index contributed by atoms with van der Waals surface area (Å²) >= 11 is 0. The Hall–Kier alpha value is -1.77. The molecule has 8 heteroatoms. The zero-order valence-electron chi connectivity index (χ0n) is 13.1. The lowest BCUT2D eigenvalue weighted by atomic mass is 9.84. The molecular formula is C16H18FN3O3S. The molecule has 1 fully saturated rings. The number of rotatable bonds is 2. The van der Waals surface area contributed by atoms with E-state index in [1.165, 1.54) is 16.4 Å². The van der Waals surface area contributed by atoms with Gasteiger partial charge in [0.05, 0.1) is 36.6 Å². The lowest BCUT2D eigenvalue weighted by Gasteiger charge is -2.38. The molecule has 0 radical (unpaired) electrons. The molecule has 0 unspecified atom stereocenters. The van der Waals surface area contributed by atoms with E-state index in [0.29, 0.717) is 13.0 Å². The Morgan fingerprint density at radius 2 is 2.17 bits per heavy atom. The standard InChI is InChI=1S/C16H18FN3O3S/c1-24(22,23)19-5-4-12(15(21)8-19)16-11-3-2-10(17)6-13(11)14-7-18-9-20(14)16/h2-3,6-7,9,12,15-16,21H,4-5,8H2,1H3/t12-,15-,16+/m0/s1. The Bertz CT molecular complexity index is 896. The smallest absolute Gasteiger partial charge is 0.211 e. The summed E-state index contributed by atoms with van der Waals surface area (Å²) in [5.74, 6) is -0.461. The van der Waals surface area contributed by atoms with Crippen molar-refractivity contribution < 1.29 is 17.9 Å². The number of β-amino-alcohol motifs (C(OH)–C–C–N with tert-alkyl or cyclic N) is 1. The molecule has 1 aromatic heterocycles. The van der Waals surface area contributed by atoms with Gasteiger partial charge in [-0.3, -0.25) is 0 Å². The summed E-state index contributed by atoms with van der Waals surface area (Å²) in [6, 6.07) is 4.50. The van der Waals surface area contributed by atoms with Crippen LogP contribution in [-0.2, 0) is 10.0 Å². The second-order valence-corrected chi connectivity index (χ2v) is 8.49. The van der Waals surface area contributed by atoms with Gasteiger partial charge in [-0.15, -0.1) is 0 Å². The molecule has 2 aliphatic heterocycles. The van der Waals surface area contributed by atoms with E-state index in [2.05, 4.69) is 4.98 Å². The summed E-state index contributed by atoms with van der Waals surface area (Å²) in [7, 11) is -3.32. The van der Waals surface area contributed by atoms with Gasteiger partial charge in [0.15, 0.2) is 0 Å². The SMILES string of the molecule is CS(=O)(=O)N1CC[C@H]([C@H]2c3ccc(F)cc3-c3cncn32)[C@@H](O)C1. The lowest BCUT2D eigenvalue weighted by Crippen LogP contribution is -2.48. The van der Waals surface area contributed by atoms with Crippen LogP contribution >= 0.6 is 0 Å². The Kier molecular flexibility index (Phi) is 3.52. The molecule has 0 amide bonds. The second kappa shape index (κ2) is 5.37. The molecule has 0 saturated carbocycles. The maximum Gasteiger partial charge on any atom is 0.211 e. The monoisotopic (exact) mass is 351 g/mol. The number of aliphatic hydroxyl groups is 1. The molecule has 3 heterocycles. The number of halogens is 1. The summed E-state index contributed by atoms with van der Waals surface area (Å²) in [4.78, 5) is 4.15. The summed E-state index contributed by atoms with van der Waals surface area (Å²) in [6.45, 7) is 0.457. The van der Waals surface area contributed by atoms with Gasteiger partial charge < -0.3 is 9.67 Å². The topological polar surface area (TPSA) is 75.4 Å². The number of hydrogen-bond acceptors (Lipinski definition) is 4. The number of piperidine rings is 1. The minimum atomic E-state index is -3.32. The zero-order valence-corrected chi connectivity index (χ0v) is 13.9. The molecule has 3 atom stereocenters. The first kappa shape index (κ1) is 15.7. The minimum absolute atomic E-state index is 0.0839. The van der Waals surface area contributed by atoms with Gasteiger partial charge in [0, 0.05) is 24.6 Å². The molecule has 2 aliphatic rings. The summed E-state index contributed by atoms with van der Waals surface area (Å²) < 4.78 is 40.3. The van der Waals surface area contributed by atoms with E-state index in [1.807, 2.05) is 4.57 Å². The third kappa shape index (κ3) is 2.37. The maximum absolute atomic E-state index is 13.6. The lowest BCUT2D eigenvalue weighted by molar-refractivity contribution is 0.0345. The van der Waals surface area contributed by atoms with Gasteiger partial charge in [-0.05, 0) is 24.1 Å². The molecule has 1 saturated heterocycles. The number of benzene rings is 1. The van der Waals surface area contributed by atoms with Crippen LogP contribution in [0.1, 0.15) is 18.0 Å². The minimum Gasteiger partial charge on any atom is -0.391 e. The molecule has 128 valence electrons. The van der Waals surface area contributed by atoms with Crippen molar-refractivity contribution in [3.8, 4) is 11.3 Å². The van der Waals surface area contributed by atoms with Crippen LogP contribution in [0.15, 0.2) is 30.7 Å². The van der Waals surface area contributed by atoms with Crippen LogP contribution in [0.25, 0.3) is 11.3 Å². The summed E-state index contributed by atoms with van der Waals surface area (Å²) in [6.07, 6.45) is 4.28. The van der Waals surface area contributed by atoms with Gasteiger partial charge in [-0.2, -0.15) is 4.31 Å². The Labute approximate surface area is 139 Å². The molecule has 2 aromatic rings. The van der Waals surface area contributed by atoms with Crippen molar-refractivity contribution in [1.29, 1.82) is 0 Å². The van der Waals surface area contributed by atoms with E-state index in [1.54, 1.807) is 18.6 Å². The number of hydrogen-bond donors (Lipinski definition) is 1. The molecule has 0 spiro atoms. The molecule has 1 N–H and O–H groups in total. The van der Waals surface area contributed by atoms with Gasteiger partial charge in [0.1, 0.15) is 5.82 Å².